The van der Waals surface area contributed by atoms with Gasteiger partial charge in [0, 0.05) is 23.2 Å². The Bertz CT molecular complexity index is 1080. The lowest BCUT2D eigenvalue weighted by Gasteiger charge is -2.42. The van der Waals surface area contributed by atoms with E-state index in [-0.39, 0.29) is 18.3 Å². The first-order valence-corrected chi connectivity index (χ1v) is 14.2. The van der Waals surface area contributed by atoms with E-state index in [4.69, 9.17) is 4.74 Å². The Kier molecular flexibility index (Phi) is 9.60. The number of hydrogen-bond acceptors (Lipinski definition) is 7. The number of fused-ring (bicyclic) bond motifs is 1. The number of nitrogens with one attached hydrogen (secondary N) is 1. The van der Waals surface area contributed by atoms with Gasteiger partial charge in [-0.25, -0.2) is 0 Å². The molecule has 1 aliphatic heterocycles. The molecule has 2 aromatic carbocycles. The van der Waals surface area contributed by atoms with Gasteiger partial charge in [-0.05, 0) is 30.5 Å². The third-order valence-corrected chi connectivity index (χ3v) is 8.95. The first kappa shape index (κ1) is 28.9. The molecule has 10 heteroatoms. The summed E-state index contributed by atoms with van der Waals surface area (Å²) in [6.07, 6.45) is 3.39. The minimum Gasteiger partial charge on any atom is -0.496 e. The molecule has 9 nitrogen and oxygen atoms in total. The Hall–Kier alpha value is -2.63. The molecule has 0 spiro atoms. The maximum atomic E-state index is 11.6. The summed E-state index contributed by atoms with van der Waals surface area (Å²) < 4.78 is 28.9. The van der Waals surface area contributed by atoms with Crippen molar-refractivity contribution in [2.75, 3.05) is 26.0 Å². The van der Waals surface area contributed by atoms with Gasteiger partial charge in [-0.15, -0.1) is 0 Å². The lowest BCUT2D eigenvalue weighted by Crippen LogP contribution is -2.49. The molecule has 204 valence electrons. The van der Waals surface area contributed by atoms with Crippen molar-refractivity contribution in [1.29, 1.82) is 0 Å². The Morgan fingerprint density at radius 1 is 1.11 bits per heavy atom. The van der Waals surface area contributed by atoms with Gasteiger partial charge in [0.2, 0.25) is 0 Å². The second-order valence-corrected chi connectivity index (χ2v) is 11.7. The number of nitrogens with zero attached hydrogens (tertiary/aromatic N) is 1. The largest absolute Gasteiger partial charge is 0.496 e. The molecule has 0 saturated carbocycles. The zero-order valence-electron chi connectivity index (χ0n) is 21.6. The quantitative estimate of drug-likeness (QED) is 0.260. The number of benzene rings is 2. The Labute approximate surface area is 219 Å². The number of unbranched alkanes of at least 4 members (excludes halogenated alkanes) is 1. The highest BCUT2D eigenvalue weighted by Crippen LogP contribution is 2.58. The fourth-order valence-electron chi connectivity index (χ4n) is 5.07. The molecule has 3 rings (SSSR count). The van der Waals surface area contributed by atoms with Crippen molar-refractivity contribution in [3.8, 4) is 5.75 Å². The van der Waals surface area contributed by atoms with Gasteiger partial charge < -0.3 is 14.9 Å². The molecule has 5 N–H and O–H groups in total. The molecule has 2 aromatic rings. The number of hydrogen-bond donors (Lipinski definition) is 5. The molecule has 0 aliphatic carbocycles. The number of ether oxygens (including phenoxy) is 1. The predicted octanol–water partition coefficient (Wildman–Crippen LogP) is 4.81. The number of rotatable bonds is 12. The highest BCUT2D eigenvalue weighted by Gasteiger charge is 2.42. The van der Waals surface area contributed by atoms with Crippen LogP contribution >= 0.6 is 10.6 Å². The van der Waals surface area contributed by atoms with Crippen LogP contribution in [-0.2, 0) is 16.1 Å². The lowest BCUT2D eigenvalue weighted by molar-refractivity contribution is -0.142. The maximum Gasteiger partial charge on any atom is 0.317 e. The molecule has 0 bridgehead atoms. The Morgan fingerprint density at radius 3 is 2.30 bits per heavy atom. The molecule has 0 unspecified atom stereocenters. The smallest absolute Gasteiger partial charge is 0.317 e. The Morgan fingerprint density at radius 2 is 1.76 bits per heavy atom. The summed E-state index contributed by atoms with van der Waals surface area (Å²) >= 11 is 0. The van der Waals surface area contributed by atoms with Crippen LogP contribution in [0.3, 0.4) is 0 Å². The zero-order valence-corrected chi connectivity index (χ0v) is 22.5. The molecule has 2 atom stereocenters. The Balaban J connectivity index is 2.19. The van der Waals surface area contributed by atoms with Crippen LogP contribution in [0.15, 0.2) is 47.4 Å². The van der Waals surface area contributed by atoms with Crippen molar-refractivity contribution in [2.24, 2.45) is 0 Å². The molecule has 0 fully saturated rings. The monoisotopic (exact) mass is 534 g/mol. The van der Waals surface area contributed by atoms with E-state index in [2.05, 4.69) is 19.2 Å². The van der Waals surface area contributed by atoms with Crippen LogP contribution in [0.4, 0.5) is 0 Å². The van der Waals surface area contributed by atoms with Gasteiger partial charge in [-0.2, -0.15) is 10.6 Å². The molecule has 0 radical (unpaired) electrons. The van der Waals surface area contributed by atoms with E-state index in [1.807, 2.05) is 30.3 Å². The predicted molar refractivity (Wildman–Crippen MR) is 143 cm³/mol. The van der Waals surface area contributed by atoms with Crippen LogP contribution in [-0.4, -0.2) is 67.6 Å². The summed E-state index contributed by atoms with van der Waals surface area (Å²) in [6.45, 7) is 3.17. The first-order chi connectivity index (χ1) is 17.5. The van der Waals surface area contributed by atoms with Gasteiger partial charge in [-0.1, -0.05) is 57.0 Å². The fraction of sp³-hybridized carbons (Fsp3) is 0.481. The van der Waals surface area contributed by atoms with Crippen LogP contribution in [0.25, 0.3) is 0 Å². The second-order valence-electron chi connectivity index (χ2n) is 9.67. The van der Waals surface area contributed by atoms with Crippen molar-refractivity contribution in [3.63, 3.8) is 0 Å². The van der Waals surface area contributed by atoms with Crippen molar-refractivity contribution < 1.29 is 33.6 Å². The maximum absolute atomic E-state index is 11.6. The molecule has 0 aromatic heterocycles. The fourth-order valence-corrected chi connectivity index (χ4v) is 7.31. The van der Waals surface area contributed by atoms with E-state index in [0.29, 0.717) is 28.2 Å². The third-order valence-electron chi connectivity index (χ3n) is 6.93. The van der Waals surface area contributed by atoms with Crippen LogP contribution in [0.1, 0.15) is 62.3 Å². The zero-order chi connectivity index (χ0) is 27.2. The summed E-state index contributed by atoms with van der Waals surface area (Å²) in [5.41, 5.74) is 1.64. The van der Waals surface area contributed by atoms with Crippen molar-refractivity contribution in [1.82, 2.24) is 10.2 Å². The van der Waals surface area contributed by atoms with E-state index >= 15 is 0 Å². The van der Waals surface area contributed by atoms with Crippen molar-refractivity contribution >= 4 is 22.5 Å². The molecule has 1 heterocycles. The summed E-state index contributed by atoms with van der Waals surface area (Å²) in [4.78, 5) is 24.4. The summed E-state index contributed by atoms with van der Waals surface area (Å²) in [7, 11) is -1.78. The van der Waals surface area contributed by atoms with E-state index in [1.54, 1.807) is 12.1 Å². The third kappa shape index (κ3) is 7.03. The highest BCUT2D eigenvalue weighted by atomic mass is 32.3. The molecular weight excluding hydrogens is 496 g/mol. The first-order valence-electron chi connectivity index (χ1n) is 12.5. The van der Waals surface area contributed by atoms with Crippen molar-refractivity contribution in [3.05, 3.63) is 59.2 Å². The van der Waals surface area contributed by atoms with Crippen LogP contribution in [0.2, 0.25) is 0 Å². The standard InChI is InChI=1S/C27H38N2O7S/c1-4-6-12-27(5-2)18-37(34,35)23-13-20(15-29(16-24(30)31)17-25(32)33)22(36-3)14-21(23)26(28-27)19-10-8-7-9-11-19/h7-11,13-14,26,28,34-35H,4-6,12,15-18H2,1-3H3,(H,30,31)(H,32,33)/t26-,27-/m1/s1. The number of methoxy groups -OCH3 is 1. The molecule has 37 heavy (non-hydrogen) atoms. The summed E-state index contributed by atoms with van der Waals surface area (Å²) in [5.74, 6) is -1.74. The second kappa shape index (κ2) is 12.3. The highest BCUT2D eigenvalue weighted by molar-refractivity contribution is 8.24. The lowest BCUT2D eigenvalue weighted by atomic mass is 9.88. The SMILES string of the molecule is CCCC[C@]1(CC)CS(O)(O)c2cc(CN(CC(=O)O)CC(=O)O)c(OC)cc2[C@@H](c2ccccc2)N1. The minimum absolute atomic E-state index is 0.0389. The van der Waals surface area contributed by atoms with Gasteiger partial charge in [0.15, 0.2) is 0 Å². The van der Waals surface area contributed by atoms with Gasteiger partial charge in [0.05, 0.1) is 36.9 Å². The average Bonchev–Trinajstić information content (AvgIpc) is 2.94. The average molecular weight is 535 g/mol. The molecule has 1 aliphatic rings. The number of carboxylic acids is 2. The molecular formula is C27H38N2O7S. The van der Waals surface area contributed by atoms with Crippen LogP contribution in [0, 0.1) is 0 Å². The summed E-state index contributed by atoms with van der Waals surface area (Å²) in [5, 5.41) is 22.3. The van der Waals surface area contributed by atoms with E-state index < -0.39 is 41.2 Å². The number of aliphatic carboxylic acids is 2. The normalized spacial score (nSPS) is 21.6. The van der Waals surface area contributed by atoms with E-state index in [1.165, 1.54) is 12.0 Å². The minimum atomic E-state index is -3.27. The number of carbonyl (C=O) groups is 2. The van der Waals surface area contributed by atoms with Gasteiger partial charge in [0.1, 0.15) is 5.75 Å². The van der Waals surface area contributed by atoms with Gasteiger partial charge >= 0.3 is 11.9 Å². The van der Waals surface area contributed by atoms with Crippen molar-refractivity contribution in [2.45, 2.75) is 62.6 Å². The van der Waals surface area contributed by atoms with E-state index in [0.717, 1.165) is 24.8 Å². The van der Waals surface area contributed by atoms with Crippen LogP contribution < -0.4 is 10.1 Å². The van der Waals surface area contributed by atoms with Gasteiger partial charge in [0.25, 0.3) is 0 Å². The molecule has 0 saturated heterocycles. The van der Waals surface area contributed by atoms with Gasteiger partial charge in [-0.3, -0.25) is 28.9 Å². The van der Waals surface area contributed by atoms with E-state index in [9.17, 15) is 28.9 Å². The number of carboxylic acid groups (broad SMARTS) is 2. The summed E-state index contributed by atoms with van der Waals surface area (Å²) in [6, 6.07) is 12.9. The topological polar surface area (TPSA) is 140 Å². The van der Waals surface area contributed by atoms with Crippen LogP contribution in [0.5, 0.6) is 5.75 Å². The molecule has 0 amide bonds.